The topological polar surface area (TPSA) is 50.2 Å². The number of phenolic OH excluding ortho intramolecular Hbond substituents is 1. The van der Waals surface area contributed by atoms with Crippen molar-refractivity contribution in [1.82, 2.24) is 4.98 Å². The molecule has 0 unspecified atom stereocenters. The second-order valence-corrected chi connectivity index (χ2v) is 6.22. The maximum atomic E-state index is 12.6. The van der Waals surface area contributed by atoms with Crippen molar-refractivity contribution >= 4 is 37.6 Å². The number of hydrogen-bond acceptors (Lipinski definition) is 3. The first-order chi connectivity index (χ1) is 9.06. The van der Waals surface area contributed by atoms with Crippen LogP contribution in [0, 0.1) is 0 Å². The van der Waals surface area contributed by atoms with E-state index in [2.05, 4.69) is 36.8 Å². The van der Waals surface area contributed by atoms with Crippen molar-refractivity contribution in [3.63, 3.8) is 0 Å². The maximum absolute atomic E-state index is 12.6. The molecule has 1 aliphatic rings. The monoisotopic (exact) mass is 397 g/mol. The number of ketones is 1. The van der Waals surface area contributed by atoms with E-state index in [1.54, 1.807) is 18.3 Å². The molecule has 0 bridgehead atoms. The van der Waals surface area contributed by atoms with Gasteiger partial charge in [0, 0.05) is 20.7 Å². The Balaban J connectivity index is 0.00000147. The highest BCUT2D eigenvalue weighted by Crippen LogP contribution is 2.32. The lowest BCUT2D eigenvalue weighted by Crippen LogP contribution is -2.07. The molecular formula is C15H13Br2NO2. The Kier molecular flexibility index (Phi) is 4.30. The number of carbonyl (C=O) groups excluding carboxylic acids is 1. The summed E-state index contributed by atoms with van der Waals surface area (Å²) in [5.74, 6) is 0.0698. The SMILES string of the molecule is C.O=C1c2ncc(Br)cc2CCc2cc(O)cc(Br)c21. The standard InChI is InChI=1S/C14H9Br2NO2.CH4/c15-9-3-8-2-1-7-4-10(18)5-11(16)12(7)14(19)13(8)17-6-9;/h3-6,18H,1-2H2;1H4. The Morgan fingerprint density at radius 3 is 2.55 bits per heavy atom. The Morgan fingerprint density at radius 1 is 1.10 bits per heavy atom. The van der Waals surface area contributed by atoms with E-state index in [1.165, 1.54) is 0 Å². The highest BCUT2D eigenvalue weighted by atomic mass is 79.9. The van der Waals surface area contributed by atoms with Crippen LogP contribution in [0.4, 0.5) is 0 Å². The van der Waals surface area contributed by atoms with Gasteiger partial charge in [0.1, 0.15) is 11.4 Å². The third-order valence-electron chi connectivity index (χ3n) is 3.20. The number of benzene rings is 1. The molecule has 1 N–H and O–H groups in total. The van der Waals surface area contributed by atoms with E-state index in [0.717, 1.165) is 22.0 Å². The molecule has 0 radical (unpaired) electrons. The molecule has 0 fully saturated rings. The van der Waals surface area contributed by atoms with Gasteiger partial charge < -0.3 is 5.11 Å². The number of aromatic hydroxyl groups is 1. The smallest absolute Gasteiger partial charge is 0.213 e. The van der Waals surface area contributed by atoms with E-state index < -0.39 is 0 Å². The van der Waals surface area contributed by atoms with Crippen LogP contribution in [0.5, 0.6) is 5.75 Å². The first kappa shape index (κ1) is 15.2. The minimum Gasteiger partial charge on any atom is -0.508 e. The zero-order valence-electron chi connectivity index (χ0n) is 9.78. The van der Waals surface area contributed by atoms with Crippen molar-refractivity contribution in [2.75, 3.05) is 0 Å². The molecule has 0 aliphatic heterocycles. The normalized spacial score (nSPS) is 13.0. The highest BCUT2D eigenvalue weighted by molar-refractivity contribution is 9.10. The minimum absolute atomic E-state index is 0. The molecule has 5 heteroatoms. The summed E-state index contributed by atoms with van der Waals surface area (Å²) in [5, 5.41) is 9.64. The molecule has 2 aromatic rings. The van der Waals surface area contributed by atoms with E-state index in [4.69, 9.17) is 0 Å². The quantitative estimate of drug-likeness (QED) is 0.720. The van der Waals surface area contributed by atoms with Gasteiger partial charge in [-0.25, -0.2) is 0 Å². The van der Waals surface area contributed by atoms with Crippen molar-refractivity contribution in [3.05, 3.63) is 55.7 Å². The number of rotatable bonds is 0. The van der Waals surface area contributed by atoms with Crippen LogP contribution < -0.4 is 0 Å². The van der Waals surface area contributed by atoms with E-state index in [0.29, 0.717) is 22.2 Å². The van der Waals surface area contributed by atoms with E-state index in [9.17, 15) is 9.90 Å². The van der Waals surface area contributed by atoms with Crippen LogP contribution in [0.1, 0.15) is 34.6 Å². The Morgan fingerprint density at radius 2 is 1.80 bits per heavy atom. The van der Waals surface area contributed by atoms with Crippen molar-refractivity contribution in [1.29, 1.82) is 0 Å². The third kappa shape index (κ3) is 2.52. The van der Waals surface area contributed by atoms with Crippen molar-refractivity contribution in [2.24, 2.45) is 0 Å². The Labute approximate surface area is 134 Å². The van der Waals surface area contributed by atoms with E-state index >= 15 is 0 Å². The Bertz CT molecular complexity index is 699. The molecule has 0 atom stereocenters. The summed E-state index contributed by atoms with van der Waals surface area (Å²) in [6.07, 6.45) is 3.08. The number of nitrogens with zero attached hydrogens (tertiary/aromatic N) is 1. The molecule has 0 saturated heterocycles. The molecule has 20 heavy (non-hydrogen) atoms. The summed E-state index contributed by atoms with van der Waals surface area (Å²) in [7, 11) is 0. The van der Waals surface area contributed by atoms with Crippen LogP contribution in [0.25, 0.3) is 0 Å². The molecule has 0 spiro atoms. The first-order valence-corrected chi connectivity index (χ1v) is 7.35. The highest BCUT2D eigenvalue weighted by Gasteiger charge is 2.25. The number of aromatic nitrogens is 1. The number of phenols is 1. The van der Waals surface area contributed by atoms with Gasteiger partial charge in [-0.2, -0.15) is 0 Å². The fourth-order valence-corrected chi connectivity index (χ4v) is 3.41. The van der Waals surface area contributed by atoms with Gasteiger partial charge in [0.15, 0.2) is 0 Å². The van der Waals surface area contributed by atoms with Gasteiger partial charge in [-0.3, -0.25) is 9.78 Å². The number of fused-ring (bicyclic) bond motifs is 2. The molecule has 1 aliphatic carbocycles. The lowest BCUT2D eigenvalue weighted by atomic mass is 10.0. The van der Waals surface area contributed by atoms with Crippen LogP contribution in [-0.2, 0) is 12.8 Å². The minimum atomic E-state index is -0.0955. The zero-order valence-corrected chi connectivity index (χ0v) is 13.0. The summed E-state index contributed by atoms with van der Waals surface area (Å²) >= 11 is 6.73. The fourth-order valence-electron chi connectivity index (χ4n) is 2.36. The van der Waals surface area contributed by atoms with Crippen LogP contribution in [0.15, 0.2) is 33.3 Å². The van der Waals surface area contributed by atoms with Gasteiger partial charge >= 0.3 is 0 Å². The number of pyridine rings is 1. The van der Waals surface area contributed by atoms with E-state index in [1.807, 2.05) is 6.07 Å². The van der Waals surface area contributed by atoms with Crippen LogP contribution >= 0.6 is 31.9 Å². The van der Waals surface area contributed by atoms with Gasteiger partial charge in [-0.15, -0.1) is 0 Å². The van der Waals surface area contributed by atoms with Crippen molar-refractivity contribution in [2.45, 2.75) is 20.3 Å². The predicted molar refractivity (Wildman–Crippen MR) is 85.3 cm³/mol. The number of halogens is 2. The van der Waals surface area contributed by atoms with Gasteiger partial charge in [0.2, 0.25) is 5.78 Å². The van der Waals surface area contributed by atoms with Crippen LogP contribution in [0.2, 0.25) is 0 Å². The van der Waals surface area contributed by atoms with Crippen LogP contribution in [-0.4, -0.2) is 15.9 Å². The molecular weight excluding hydrogens is 386 g/mol. The fraction of sp³-hybridized carbons (Fsp3) is 0.200. The van der Waals surface area contributed by atoms with Crippen LogP contribution in [0.3, 0.4) is 0 Å². The van der Waals surface area contributed by atoms with Crippen molar-refractivity contribution < 1.29 is 9.90 Å². The third-order valence-corrected chi connectivity index (χ3v) is 4.25. The maximum Gasteiger partial charge on any atom is 0.213 e. The van der Waals surface area contributed by atoms with Gasteiger partial charge in [0.25, 0.3) is 0 Å². The largest absolute Gasteiger partial charge is 0.508 e. The zero-order chi connectivity index (χ0) is 13.6. The molecule has 104 valence electrons. The van der Waals surface area contributed by atoms with Gasteiger partial charge in [0.05, 0.1) is 0 Å². The average Bonchev–Trinajstić information content (AvgIpc) is 2.47. The second kappa shape index (κ2) is 5.66. The Hall–Kier alpha value is -1.20. The van der Waals surface area contributed by atoms with Crippen molar-refractivity contribution in [3.8, 4) is 5.75 Å². The summed E-state index contributed by atoms with van der Waals surface area (Å²) in [4.78, 5) is 16.8. The molecule has 3 nitrogen and oxygen atoms in total. The number of hydrogen-bond donors (Lipinski definition) is 1. The second-order valence-electron chi connectivity index (χ2n) is 4.45. The number of carbonyl (C=O) groups is 1. The van der Waals surface area contributed by atoms with E-state index in [-0.39, 0.29) is 19.0 Å². The average molecular weight is 399 g/mol. The lowest BCUT2D eigenvalue weighted by Gasteiger charge is -2.08. The molecule has 1 aromatic carbocycles. The molecule has 3 rings (SSSR count). The summed E-state index contributed by atoms with van der Waals surface area (Å²) in [5.41, 5.74) is 2.88. The molecule has 0 amide bonds. The first-order valence-electron chi connectivity index (χ1n) is 5.77. The number of aryl methyl sites for hydroxylation is 2. The molecule has 1 heterocycles. The summed E-state index contributed by atoms with van der Waals surface area (Å²) in [6, 6.07) is 5.12. The summed E-state index contributed by atoms with van der Waals surface area (Å²) in [6.45, 7) is 0. The molecule has 0 saturated carbocycles. The predicted octanol–water partition coefficient (Wildman–Crippen LogP) is 4.28. The summed E-state index contributed by atoms with van der Waals surface area (Å²) < 4.78 is 1.48. The molecule has 1 aromatic heterocycles. The lowest BCUT2D eigenvalue weighted by molar-refractivity contribution is 0.103. The van der Waals surface area contributed by atoms with Gasteiger partial charge in [-0.1, -0.05) is 7.43 Å². The van der Waals surface area contributed by atoms with Gasteiger partial charge in [-0.05, 0) is 74.0 Å².